The summed E-state index contributed by atoms with van der Waals surface area (Å²) in [5, 5.41) is 2.62. The maximum absolute atomic E-state index is 12.3. The summed E-state index contributed by atoms with van der Waals surface area (Å²) in [6.07, 6.45) is 0.431. The molecule has 1 aliphatic heterocycles. The summed E-state index contributed by atoms with van der Waals surface area (Å²) < 4.78 is 10.7. The van der Waals surface area contributed by atoms with Gasteiger partial charge in [-0.1, -0.05) is 12.1 Å². The molecule has 0 atom stereocenters. The number of amides is 2. The molecule has 1 fully saturated rings. The van der Waals surface area contributed by atoms with Crippen molar-refractivity contribution in [3.8, 4) is 16.3 Å². The van der Waals surface area contributed by atoms with Gasteiger partial charge in [-0.05, 0) is 36.4 Å². The topological polar surface area (TPSA) is 85.8 Å². The molecule has 0 saturated carbocycles. The van der Waals surface area contributed by atoms with Gasteiger partial charge in [0.25, 0.3) is 0 Å². The number of carbonyl (C=O) groups excluding carboxylic acids is 3. The van der Waals surface area contributed by atoms with Gasteiger partial charge >= 0.3 is 5.97 Å². The largest absolute Gasteiger partial charge is 0.496 e. The van der Waals surface area contributed by atoms with E-state index < -0.39 is 5.97 Å². The first kappa shape index (κ1) is 19.8. The van der Waals surface area contributed by atoms with Crippen LogP contribution >= 0.6 is 11.3 Å². The van der Waals surface area contributed by atoms with E-state index in [9.17, 15) is 14.4 Å². The second-order valence-electron chi connectivity index (χ2n) is 6.59. The molecule has 3 aromatic rings. The second-order valence-corrected chi connectivity index (χ2v) is 7.45. The zero-order chi connectivity index (χ0) is 21.1. The summed E-state index contributed by atoms with van der Waals surface area (Å²) in [5.74, 6) is -0.243. The van der Waals surface area contributed by atoms with E-state index in [0.29, 0.717) is 16.9 Å². The van der Waals surface area contributed by atoms with Crippen LogP contribution in [0.25, 0.3) is 10.6 Å². The quantitative estimate of drug-likeness (QED) is 0.443. The summed E-state index contributed by atoms with van der Waals surface area (Å²) in [4.78, 5) is 41.6. The number of esters is 1. The highest BCUT2D eigenvalue weighted by Gasteiger charge is 2.30. The Balaban J connectivity index is 1.40. The Labute approximate surface area is 176 Å². The highest BCUT2D eigenvalue weighted by Crippen LogP contribution is 2.32. The number of ether oxygens (including phenoxy) is 2. The van der Waals surface area contributed by atoms with Crippen LogP contribution in [0.4, 0.5) is 5.69 Å². The van der Waals surface area contributed by atoms with E-state index in [1.54, 1.807) is 19.2 Å². The lowest BCUT2D eigenvalue weighted by molar-refractivity contribution is -0.121. The van der Waals surface area contributed by atoms with Crippen LogP contribution in [0.2, 0.25) is 0 Å². The first-order chi connectivity index (χ1) is 14.6. The van der Waals surface area contributed by atoms with Crippen LogP contribution in [-0.4, -0.2) is 29.9 Å². The van der Waals surface area contributed by atoms with Crippen LogP contribution in [0.5, 0.6) is 5.75 Å². The van der Waals surface area contributed by atoms with E-state index in [1.165, 1.54) is 23.5 Å². The Kier molecular flexibility index (Phi) is 5.58. The van der Waals surface area contributed by atoms with Gasteiger partial charge in [-0.25, -0.2) is 9.78 Å². The molecule has 8 heteroatoms. The van der Waals surface area contributed by atoms with E-state index in [1.807, 2.05) is 29.6 Å². The van der Waals surface area contributed by atoms with Crippen molar-refractivity contribution in [2.24, 2.45) is 0 Å². The highest BCUT2D eigenvalue weighted by molar-refractivity contribution is 7.13. The van der Waals surface area contributed by atoms with Crippen LogP contribution in [0.3, 0.4) is 0 Å². The number of benzene rings is 2. The molecule has 2 heterocycles. The normalized spacial score (nSPS) is 13.6. The summed E-state index contributed by atoms with van der Waals surface area (Å²) >= 11 is 1.44. The highest BCUT2D eigenvalue weighted by atomic mass is 32.1. The predicted octanol–water partition coefficient (Wildman–Crippen LogP) is 3.83. The molecular weight excluding hydrogens is 404 g/mol. The van der Waals surface area contributed by atoms with Crippen molar-refractivity contribution >= 4 is 34.8 Å². The second kappa shape index (κ2) is 8.46. The Bertz CT molecular complexity index is 1090. The zero-order valence-corrected chi connectivity index (χ0v) is 17.0. The first-order valence-corrected chi connectivity index (χ1v) is 10.2. The number of carbonyl (C=O) groups is 3. The standard InChI is InChI=1S/C22H18N2O5S/c1-28-18-5-3-2-4-17(18)21-23-15(13-30-21)12-29-22(27)14-6-8-16(9-7-14)24-19(25)10-11-20(24)26/h2-9,13H,10-12H2,1H3. The third-order valence-corrected chi connectivity index (χ3v) is 5.58. The number of hydrogen-bond donors (Lipinski definition) is 0. The summed E-state index contributed by atoms with van der Waals surface area (Å²) in [6, 6.07) is 13.8. The van der Waals surface area contributed by atoms with Crippen molar-refractivity contribution in [3.05, 3.63) is 65.2 Å². The molecule has 1 aromatic heterocycles. The van der Waals surface area contributed by atoms with Crippen LogP contribution in [0, 0.1) is 0 Å². The number of imide groups is 1. The molecule has 0 aliphatic carbocycles. The molecule has 2 aromatic carbocycles. The van der Waals surface area contributed by atoms with E-state index >= 15 is 0 Å². The number of anilines is 1. The number of hydrogen-bond acceptors (Lipinski definition) is 7. The number of rotatable bonds is 6. The molecule has 7 nitrogen and oxygen atoms in total. The molecule has 30 heavy (non-hydrogen) atoms. The maximum Gasteiger partial charge on any atom is 0.338 e. The molecule has 1 aliphatic rings. The Hall–Kier alpha value is -3.52. The van der Waals surface area contributed by atoms with Gasteiger partial charge in [-0.3, -0.25) is 14.5 Å². The van der Waals surface area contributed by atoms with Crippen molar-refractivity contribution in [2.45, 2.75) is 19.4 Å². The molecule has 0 N–H and O–H groups in total. The van der Waals surface area contributed by atoms with Gasteiger partial charge < -0.3 is 9.47 Å². The van der Waals surface area contributed by atoms with Gasteiger partial charge in [-0.15, -0.1) is 11.3 Å². The van der Waals surface area contributed by atoms with Crippen molar-refractivity contribution in [3.63, 3.8) is 0 Å². The average Bonchev–Trinajstić information content (AvgIpc) is 3.38. The van der Waals surface area contributed by atoms with Gasteiger partial charge in [0.05, 0.1) is 29.6 Å². The lowest BCUT2D eigenvalue weighted by Gasteiger charge is -2.13. The summed E-state index contributed by atoms with van der Waals surface area (Å²) in [6.45, 7) is 0.0370. The third kappa shape index (κ3) is 3.95. The van der Waals surface area contributed by atoms with Crippen LogP contribution in [0.1, 0.15) is 28.9 Å². The number of methoxy groups -OCH3 is 1. The number of thiazole rings is 1. The molecule has 0 radical (unpaired) electrons. The number of aromatic nitrogens is 1. The van der Waals surface area contributed by atoms with E-state index in [-0.39, 0.29) is 31.3 Å². The van der Waals surface area contributed by atoms with Crippen LogP contribution < -0.4 is 9.64 Å². The molecule has 0 unspecified atom stereocenters. The lowest BCUT2D eigenvalue weighted by Crippen LogP contribution is -2.28. The fourth-order valence-corrected chi connectivity index (χ4v) is 3.99. The SMILES string of the molecule is COc1ccccc1-c1nc(COC(=O)c2ccc(N3C(=O)CCC3=O)cc2)cs1. The van der Waals surface area contributed by atoms with Crippen LogP contribution in [-0.2, 0) is 20.9 Å². The fourth-order valence-electron chi connectivity index (χ4n) is 3.15. The molecule has 0 spiro atoms. The van der Waals surface area contributed by atoms with E-state index in [4.69, 9.17) is 9.47 Å². The number of para-hydroxylation sites is 1. The molecule has 0 bridgehead atoms. The van der Waals surface area contributed by atoms with Crippen molar-refractivity contribution in [1.29, 1.82) is 0 Å². The minimum absolute atomic E-state index is 0.0370. The van der Waals surface area contributed by atoms with Crippen molar-refractivity contribution < 1.29 is 23.9 Å². The first-order valence-electron chi connectivity index (χ1n) is 9.27. The Morgan fingerprint density at radius 3 is 2.47 bits per heavy atom. The smallest absolute Gasteiger partial charge is 0.338 e. The molecule has 4 rings (SSSR count). The van der Waals surface area contributed by atoms with Gasteiger partial charge in [0.1, 0.15) is 17.4 Å². The van der Waals surface area contributed by atoms with E-state index in [2.05, 4.69) is 4.98 Å². The molecule has 152 valence electrons. The van der Waals surface area contributed by atoms with Gasteiger partial charge in [0.15, 0.2) is 0 Å². The zero-order valence-electron chi connectivity index (χ0n) is 16.2. The molecule has 1 saturated heterocycles. The minimum atomic E-state index is -0.507. The lowest BCUT2D eigenvalue weighted by atomic mass is 10.2. The Morgan fingerprint density at radius 1 is 1.07 bits per heavy atom. The van der Waals surface area contributed by atoms with Gasteiger partial charge in [-0.2, -0.15) is 0 Å². The number of nitrogens with zero attached hydrogens (tertiary/aromatic N) is 2. The minimum Gasteiger partial charge on any atom is -0.496 e. The Morgan fingerprint density at radius 2 is 1.77 bits per heavy atom. The summed E-state index contributed by atoms with van der Waals surface area (Å²) in [7, 11) is 1.61. The average molecular weight is 422 g/mol. The molecule has 2 amide bonds. The fraction of sp³-hybridized carbons (Fsp3) is 0.182. The predicted molar refractivity (Wildman–Crippen MR) is 111 cm³/mol. The molecular formula is C22H18N2O5S. The van der Waals surface area contributed by atoms with E-state index in [0.717, 1.165) is 21.2 Å². The van der Waals surface area contributed by atoms with Crippen LogP contribution in [0.15, 0.2) is 53.9 Å². The van der Waals surface area contributed by atoms with Gasteiger partial charge in [0, 0.05) is 18.2 Å². The summed E-state index contributed by atoms with van der Waals surface area (Å²) in [5.41, 5.74) is 2.31. The monoisotopic (exact) mass is 422 g/mol. The van der Waals surface area contributed by atoms with Crippen molar-refractivity contribution in [1.82, 2.24) is 4.98 Å². The third-order valence-electron chi connectivity index (χ3n) is 4.65. The van der Waals surface area contributed by atoms with Gasteiger partial charge in [0.2, 0.25) is 11.8 Å². The maximum atomic E-state index is 12.3. The van der Waals surface area contributed by atoms with Crippen molar-refractivity contribution in [2.75, 3.05) is 12.0 Å².